The smallest absolute Gasteiger partial charge is 0.288 e. The van der Waals surface area contributed by atoms with E-state index in [0.717, 1.165) is 28.7 Å². The highest BCUT2D eigenvalue weighted by Crippen LogP contribution is 2.41. The first-order chi connectivity index (χ1) is 13.6. The second-order valence-electron chi connectivity index (χ2n) is 6.12. The number of amides is 1. The van der Waals surface area contributed by atoms with Crippen LogP contribution in [0.2, 0.25) is 0 Å². The molecule has 146 valence electrons. The van der Waals surface area contributed by atoms with Crippen molar-refractivity contribution in [2.75, 3.05) is 11.1 Å². The van der Waals surface area contributed by atoms with Gasteiger partial charge in [-0.25, -0.2) is 0 Å². The highest BCUT2D eigenvalue weighted by atomic mass is 32.2. The normalized spacial score (nSPS) is 13.8. The molecule has 1 aromatic carbocycles. The van der Waals surface area contributed by atoms with Crippen molar-refractivity contribution in [3.63, 3.8) is 0 Å². The summed E-state index contributed by atoms with van der Waals surface area (Å²) in [6.45, 7) is 0. The SMILES string of the molecule is O=C(CSc1nnc(-c2cccs2)n1C1CC1)Nc1ccc(SC(F)F)cc1. The number of carbonyl (C=O) groups is 1. The number of halogens is 2. The molecule has 1 saturated carbocycles. The van der Waals surface area contributed by atoms with Crippen molar-refractivity contribution >= 4 is 46.5 Å². The first kappa shape index (κ1) is 19.4. The molecule has 28 heavy (non-hydrogen) atoms. The molecule has 0 spiro atoms. The van der Waals surface area contributed by atoms with Crippen LogP contribution in [-0.4, -0.2) is 32.2 Å². The Bertz CT molecular complexity index is 940. The van der Waals surface area contributed by atoms with E-state index in [1.807, 2.05) is 17.5 Å². The average molecular weight is 439 g/mol. The van der Waals surface area contributed by atoms with E-state index < -0.39 is 5.76 Å². The molecular formula is C18H16F2N4OS3. The Morgan fingerprint density at radius 1 is 1.25 bits per heavy atom. The summed E-state index contributed by atoms with van der Waals surface area (Å²) in [7, 11) is 0. The number of thioether (sulfide) groups is 2. The van der Waals surface area contributed by atoms with Gasteiger partial charge in [0, 0.05) is 16.6 Å². The predicted molar refractivity (Wildman–Crippen MR) is 109 cm³/mol. The number of thiophene rings is 1. The van der Waals surface area contributed by atoms with E-state index in [4.69, 9.17) is 0 Å². The summed E-state index contributed by atoms with van der Waals surface area (Å²) < 4.78 is 26.8. The van der Waals surface area contributed by atoms with Gasteiger partial charge in [-0.1, -0.05) is 29.6 Å². The number of benzene rings is 1. The van der Waals surface area contributed by atoms with Crippen LogP contribution in [0.5, 0.6) is 0 Å². The van der Waals surface area contributed by atoms with Crippen LogP contribution < -0.4 is 5.32 Å². The molecule has 4 rings (SSSR count). The van der Waals surface area contributed by atoms with Crippen LogP contribution in [0, 0.1) is 0 Å². The van der Waals surface area contributed by atoms with Crippen LogP contribution in [0.4, 0.5) is 14.5 Å². The van der Waals surface area contributed by atoms with E-state index in [1.165, 1.54) is 11.8 Å². The van der Waals surface area contributed by atoms with Crippen molar-refractivity contribution in [3.8, 4) is 10.7 Å². The minimum Gasteiger partial charge on any atom is -0.325 e. The van der Waals surface area contributed by atoms with Crippen LogP contribution in [0.25, 0.3) is 10.7 Å². The van der Waals surface area contributed by atoms with Gasteiger partial charge in [-0.05, 0) is 48.6 Å². The molecule has 0 unspecified atom stereocenters. The van der Waals surface area contributed by atoms with E-state index in [1.54, 1.807) is 35.6 Å². The molecule has 1 amide bonds. The van der Waals surface area contributed by atoms with Crippen molar-refractivity contribution in [2.24, 2.45) is 0 Å². The lowest BCUT2D eigenvalue weighted by Crippen LogP contribution is -2.14. The Kier molecular flexibility index (Phi) is 5.98. The maximum absolute atomic E-state index is 12.4. The van der Waals surface area contributed by atoms with Gasteiger partial charge >= 0.3 is 0 Å². The van der Waals surface area contributed by atoms with Crippen molar-refractivity contribution < 1.29 is 13.6 Å². The summed E-state index contributed by atoms with van der Waals surface area (Å²) in [5.74, 6) is -1.59. The summed E-state index contributed by atoms with van der Waals surface area (Å²) in [4.78, 5) is 13.8. The van der Waals surface area contributed by atoms with Gasteiger partial charge in [0.05, 0.1) is 10.6 Å². The van der Waals surface area contributed by atoms with Gasteiger partial charge in [-0.3, -0.25) is 9.36 Å². The number of anilines is 1. The van der Waals surface area contributed by atoms with Gasteiger partial charge < -0.3 is 5.32 Å². The third kappa shape index (κ3) is 4.73. The number of hydrogen-bond donors (Lipinski definition) is 1. The van der Waals surface area contributed by atoms with E-state index >= 15 is 0 Å². The first-order valence-electron chi connectivity index (χ1n) is 8.56. The molecule has 0 bridgehead atoms. The maximum atomic E-state index is 12.4. The lowest BCUT2D eigenvalue weighted by molar-refractivity contribution is -0.113. The fraction of sp³-hybridized carbons (Fsp3) is 0.278. The van der Waals surface area contributed by atoms with Gasteiger partial charge in [-0.15, -0.1) is 21.5 Å². The predicted octanol–water partition coefficient (Wildman–Crippen LogP) is 5.39. The van der Waals surface area contributed by atoms with Gasteiger partial charge in [-0.2, -0.15) is 8.78 Å². The number of aromatic nitrogens is 3. The third-order valence-corrected chi connectivity index (χ3v) is 6.55. The standard InChI is InChI=1S/C18H16F2N4OS3/c19-17(20)28-13-7-3-11(4-8-13)21-15(25)10-27-18-23-22-16(14-2-1-9-26-14)24(18)12-5-6-12/h1-4,7-9,12,17H,5-6,10H2,(H,21,25). The summed E-state index contributed by atoms with van der Waals surface area (Å²) in [5.41, 5.74) is 0.576. The second-order valence-corrected chi connectivity index (χ2v) is 9.08. The van der Waals surface area contributed by atoms with Crippen LogP contribution in [0.3, 0.4) is 0 Å². The van der Waals surface area contributed by atoms with Crippen molar-refractivity contribution in [3.05, 3.63) is 41.8 Å². The molecule has 1 N–H and O–H groups in total. The van der Waals surface area contributed by atoms with Gasteiger partial charge in [0.25, 0.3) is 5.76 Å². The minimum absolute atomic E-state index is 0.178. The fourth-order valence-corrected chi connectivity index (χ4v) is 4.67. The first-order valence-corrected chi connectivity index (χ1v) is 11.3. The molecule has 5 nitrogen and oxygen atoms in total. The molecule has 3 aromatic rings. The van der Waals surface area contributed by atoms with Gasteiger partial charge in [0.1, 0.15) is 0 Å². The molecule has 0 radical (unpaired) electrons. The number of carbonyl (C=O) groups excluding carboxylic acids is 1. The van der Waals surface area contributed by atoms with Crippen molar-refractivity contribution in [1.29, 1.82) is 0 Å². The van der Waals surface area contributed by atoms with Gasteiger partial charge in [0.15, 0.2) is 11.0 Å². The zero-order valence-electron chi connectivity index (χ0n) is 14.5. The van der Waals surface area contributed by atoms with Crippen LogP contribution in [0.15, 0.2) is 51.8 Å². The minimum atomic E-state index is -2.46. The Balaban J connectivity index is 1.37. The molecule has 1 aliphatic rings. The number of nitrogens with one attached hydrogen (secondary N) is 1. The molecule has 0 saturated heterocycles. The number of rotatable bonds is 8. The van der Waals surface area contributed by atoms with E-state index in [9.17, 15) is 13.6 Å². The van der Waals surface area contributed by atoms with E-state index in [0.29, 0.717) is 28.4 Å². The van der Waals surface area contributed by atoms with Crippen LogP contribution >= 0.6 is 34.9 Å². The van der Waals surface area contributed by atoms with Gasteiger partial charge in [0.2, 0.25) is 5.91 Å². The van der Waals surface area contributed by atoms with E-state index in [2.05, 4.69) is 20.1 Å². The van der Waals surface area contributed by atoms with Crippen LogP contribution in [-0.2, 0) is 4.79 Å². The summed E-state index contributed by atoms with van der Waals surface area (Å²) >= 11 is 3.45. The Labute approximate surface area is 172 Å². The largest absolute Gasteiger partial charge is 0.325 e. The third-order valence-electron chi connectivity index (χ3n) is 4.01. The van der Waals surface area contributed by atoms with E-state index in [-0.39, 0.29) is 11.7 Å². The number of alkyl halides is 2. The second kappa shape index (κ2) is 8.62. The summed E-state index contributed by atoms with van der Waals surface area (Å²) in [6, 6.07) is 10.8. The highest BCUT2D eigenvalue weighted by molar-refractivity contribution is 8.00. The monoisotopic (exact) mass is 438 g/mol. The Hall–Kier alpha value is -1.91. The number of hydrogen-bond acceptors (Lipinski definition) is 6. The molecule has 0 atom stereocenters. The molecule has 10 heteroatoms. The average Bonchev–Trinajstić information content (AvgIpc) is 3.18. The molecule has 1 aliphatic carbocycles. The van der Waals surface area contributed by atoms with Crippen molar-refractivity contribution in [2.45, 2.75) is 34.7 Å². The fourth-order valence-electron chi connectivity index (χ4n) is 2.66. The van der Waals surface area contributed by atoms with Crippen LogP contribution in [0.1, 0.15) is 18.9 Å². The molecule has 2 heterocycles. The molecule has 0 aliphatic heterocycles. The zero-order chi connectivity index (χ0) is 19.5. The zero-order valence-corrected chi connectivity index (χ0v) is 17.0. The topological polar surface area (TPSA) is 59.8 Å². The molecule has 2 aromatic heterocycles. The quantitative estimate of drug-likeness (QED) is 0.478. The summed E-state index contributed by atoms with van der Waals surface area (Å²) in [6.07, 6.45) is 2.19. The highest BCUT2D eigenvalue weighted by Gasteiger charge is 2.30. The van der Waals surface area contributed by atoms with Crippen molar-refractivity contribution in [1.82, 2.24) is 14.8 Å². The molecular weight excluding hydrogens is 422 g/mol. The lowest BCUT2D eigenvalue weighted by atomic mass is 10.3. The number of nitrogens with zero attached hydrogens (tertiary/aromatic N) is 3. The maximum Gasteiger partial charge on any atom is 0.288 e. The Morgan fingerprint density at radius 2 is 2.04 bits per heavy atom. The lowest BCUT2D eigenvalue weighted by Gasteiger charge is -2.08. The molecule has 1 fully saturated rings. The Morgan fingerprint density at radius 3 is 2.68 bits per heavy atom. The summed E-state index contributed by atoms with van der Waals surface area (Å²) in [5, 5.41) is 14.1.